The van der Waals surface area contributed by atoms with E-state index in [0.717, 1.165) is 30.3 Å². The molecule has 0 aliphatic heterocycles. The summed E-state index contributed by atoms with van der Waals surface area (Å²) < 4.78 is 62.8. The highest BCUT2D eigenvalue weighted by atomic mass is 32.2. The molecule has 0 heterocycles. The molecular weight excluding hydrogens is 362 g/mol. The summed E-state index contributed by atoms with van der Waals surface area (Å²) in [6.07, 6.45) is 0. The SMILES string of the molecule is O=C(Nc1ccc(O)cc1S(=O)(=O)O)c1cccc(S(=O)(=O)O)c1. The van der Waals surface area contributed by atoms with E-state index in [9.17, 15) is 26.7 Å². The van der Waals surface area contributed by atoms with Crippen LogP contribution in [0.25, 0.3) is 0 Å². The van der Waals surface area contributed by atoms with Crippen molar-refractivity contribution in [1.29, 1.82) is 0 Å². The Morgan fingerprint density at radius 3 is 2.17 bits per heavy atom. The first kappa shape index (κ1) is 17.9. The van der Waals surface area contributed by atoms with E-state index in [4.69, 9.17) is 9.11 Å². The summed E-state index contributed by atoms with van der Waals surface area (Å²) in [6, 6.07) is 7.26. The van der Waals surface area contributed by atoms with Gasteiger partial charge >= 0.3 is 0 Å². The van der Waals surface area contributed by atoms with Gasteiger partial charge in [0.15, 0.2) is 0 Å². The van der Waals surface area contributed by atoms with Gasteiger partial charge in [0.2, 0.25) is 0 Å². The summed E-state index contributed by atoms with van der Waals surface area (Å²) >= 11 is 0. The average Bonchev–Trinajstić information content (AvgIpc) is 2.47. The topological polar surface area (TPSA) is 158 Å². The standard InChI is InChI=1S/C13H11NO8S2/c15-9-4-5-11(12(7-9)24(20,21)22)14-13(16)8-2-1-3-10(6-8)23(17,18)19/h1-7,15H,(H,14,16)(H,17,18,19)(H,20,21,22). The summed E-state index contributed by atoms with van der Waals surface area (Å²) in [5.74, 6) is -1.34. The van der Waals surface area contributed by atoms with Crippen LogP contribution in [0.1, 0.15) is 10.4 Å². The van der Waals surface area contributed by atoms with Gasteiger partial charge < -0.3 is 10.4 Å². The number of carbonyl (C=O) groups excluding carboxylic acids is 1. The van der Waals surface area contributed by atoms with Crippen molar-refractivity contribution >= 4 is 31.8 Å². The minimum atomic E-state index is -4.73. The Morgan fingerprint density at radius 2 is 1.58 bits per heavy atom. The van der Waals surface area contributed by atoms with Crippen LogP contribution in [-0.4, -0.2) is 37.0 Å². The third kappa shape index (κ3) is 4.08. The summed E-state index contributed by atoms with van der Waals surface area (Å²) in [5, 5.41) is 11.5. The highest BCUT2D eigenvalue weighted by Crippen LogP contribution is 2.26. The van der Waals surface area contributed by atoms with Gasteiger partial charge in [-0.05, 0) is 30.3 Å². The fourth-order valence-corrected chi connectivity index (χ4v) is 3.01. The maximum absolute atomic E-state index is 12.1. The molecule has 0 bridgehead atoms. The lowest BCUT2D eigenvalue weighted by atomic mass is 10.2. The minimum Gasteiger partial charge on any atom is -0.508 e. The molecule has 0 fully saturated rings. The number of phenolic OH excluding ortho intramolecular Hbond substituents is 1. The van der Waals surface area contributed by atoms with Gasteiger partial charge in [-0.2, -0.15) is 16.8 Å². The number of nitrogens with one attached hydrogen (secondary N) is 1. The Balaban J connectivity index is 2.42. The number of hydrogen-bond acceptors (Lipinski definition) is 6. The van der Waals surface area contributed by atoms with Gasteiger partial charge in [-0.3, -0.25) is 13.9 Å². The Kier molecular flexibility index (Phi) is 4.62. The fourth-order valence-electron chi connectivity index (χ4n) is 1.82. The van der Waals surface area contributed by atoms with Crippen molar-refractivity contribution in [3.8, 4) is 5.75 Å². The van der Waals surface area contributed by atoms with Gasteiger partial charge in [-0.1, -0.05) is 6.07 Å². The lowest BCUT2D eigenvalue weighted by Gasteiger charge is -2.10. The molecule has 0 aromatic heterocycles. The van der Waals surface area contributed by atoms with Crippen molar-refractivity contribution in [2.75, 3.05) is 5.32 Å². The molecule has 11 heteroatoms. The van der Waals surface area contributed by atoms with Crippen LogP contribution in [0.15, 0.2) is 52.3 Å². The van der Waals surface area contributed by atoms with Crippen LogP contribution in [0.5, 0.6) is 5.75 Å². The van der Waals surface area contributed by atoms with Crippen LogP contribution in [0.3, 0.4) is 0 Å². The predicted octanol–water partition coefficient (Wildman–Crippen LogP) is 1.14. The molecule has 0 aliphatic carbocycles. The molecule has 0 saturated heterocycles. The normalized spacial score (nSPS) is 11.9. The zero-order valence-corrected chi connectivity index (χ0v) is 13.4. The molecule has 0 aliphatic rings. The van der Waals surface area contributed by atoms with E-state index in [2.05, 4.69) is 5.32 Å². The number of carbonyl (C=O) groups is 1. The maximum Gasteiger partial charge on any atom is 0.296 e. The second-order valence-electron chi connectivity index (χ2n) is 4.61. The molecule has 2 aromatic rings. The number of phenols is 1. The van der Waals surface area contributed by atoms with Gasteiger partial charge in [0, 0.05) is 11.6 Å². The summed E-state index contributed by atoms with van der Waals surface area (Å²) in [5.41, 5.74) is -0.503. The van der Waals surface area contributed by atoms with Crippen molar-refractivity contribution in [3.63, 3.8) is 0 Å². The number of anilines is 1. The van der Waals surface area contributed by atoms with Crippen LogP contribution in [0, 0.1) is 0 Å². The second-order valence-corrected chi connectivity index (χ2v) is 7.42. The van der Waals surface area contributed by atoms with E-state index in [1.165, 1.54) is 12.1 Å². The van der Waals surface area contributed by atoms with E-state index >= 15 is 0 Å². The average molecular weight is 373 g/mol. The lowest BCUT2D eigenvalue weighted by molar-refractivity contribution is 0.102. The van der Waals surface area contributed by atoms with Crippen molar-refractivity contribution in [3.05, 3.63) is 48.0 Å². The Morgan fingerprint density at radius 1 is 0.917 bits per heavy atom. The summed E-state index contributed by atoms with van der Waals surface area (Å²) in [7, 11) is -9.24. The molecule has 2 aromatic carbocycles. The predicted molar refractivity (Wildman–Crippen MR) is 82.1 cm³/mol. The molecular formula is C13H11NO8S2. The van der Waals surface area contributed by atoms with E-state index in [1.54, 1.807) is 0 Å². The van der Waals surface area contributed by atoms with Crippen LogP contribution in [0.4, 0.5) is 5.69 Å². The Labute approximate surface area is 137 Å². The quantitative estimate of drug-likeness (QED) is 0.459. The molecule has 4 N–H and O–H groups in total. The Bertz CT molecular complexity index is 1010. The van der Waals surface area contributed by atoms with Gasteiger partial charge in [0.05, 0.1) is 10.6 Å². The third-order valence-electron chi connectivity index (χ3n) is 2.89. The summed E-state index contributed by atoms with van der Waals surface area (Å²) in [6.45, 7) is 0. The molecule has 0 atom stereocenters. The number of rotatable bonds is 4. The number of amides is 1. The van der Waals surface area contributed by atoms with Crippen molar-refractivity contribution in [2.24, 2.45) is 0 Å². The monoisotopic (exact) mass is 373 g/mol. The van der Waals surface area contributed by atoms with E-state index in [-0.39, 0.29) is 11.3 Å². The second kappa shape index (κ2) is 6.20. The van der Waals surface area contributed by atoms with E-state index in [0.29, 0.717) is 0 Å². The zero-order chi connectivity index (χ0) is 18.1. The minimum absolute atomic E-state index is 0.181. The molecule has 24 heavy (non-hydrogen) atoms. The molecule has 1 amide bonds. The first-order valence-corrected chi connectivity index (χ1v) is 9.06. The first-order valence-electron chi connectivity index (χ1n) is 6.18. The number of benzene rings is 2. The van der Waals surface area contributed by atoms with E-state index < -0.39 is 41.7 Å². The largest absolute Gasteiger partial charge is 0.508 e. The molecule has 9 nitrogen and oxygen atoms in total. The maximum atomic E-state index is 12.1. The molecule has 0 saturated carbocycles. The molecule has 128 valence electrons. The van der Waals surface area contributed by atoms with E-state index in [1.807, 2.05) is 0 Å². The van der Waals surface area contributed by atoms with Crippen molar-refractivity contribution < 1.29 is 35.8 Å². The molecule has 0 spiro atoms. The van der Waals surface area contributed by atoms with Gasteiger partial charge in [-0.15, -0.1) is 0 Å². The zero-order valence-electron chi connectivity index (χ0n) is 11.7. The Hall–Kier alpha value is -2.47. The number of hydrogen-bond donors (Lipinski definition) is 4. The van der Waals surface area contributed by atoms with Crippen LogP contribution in [0.2, 0.25) is 0 Å². The van der Waals surface area contributed by atoms with Crippen LogP contribution in [-0.2, 0) is 20.2 Å². The van der Waals surface area contributed by atoms with Gasteiger partial charge in [-0.25, -0.2) is 0 Å². The van der Waals surface area contributed by atoms with Crippen LogP contribution < -0.4 is 5.32 Å². The van der Waals surface area contributed by atoms with Crippen LogP contribution >= 0.6 is 0 Å². The third-order valence-corrected chi connectivity index (χ3v) is 4.63. The molecule has 0 radical (unpaired) electrons. The number of aromatic hydroxyl groups is 1. The highest BCUT2D eigenvalue weighted by Gasteiger charge is 2.19. The smallest absolute Gasteiger partial charge is 0.296 e. The fraction of sp³-hybridized carbons (Fsp3) is 0. The summed E-state index contributed by atoms with van der Waals surface area (Å²) in [4.78, 5) is 10.9. The molecule has 0 unspecified atom stereocenters. The van der Waals surface area contributed by atoms with Crippen molar-refractivity contribution in [2.45, 2.75) is 9.79 Å². The van der Waals surface area contributed by atoms with Gasteiger partial charge in [0.1, 0.15) is 10.6 Å². The first-order chi connectivity index (χ1) is 11.0. The van der Waals surface area contributed by atoms with Gasteiger partial charge in [0.25, 0.3) is 26.1 Å². The highest BCUT2D eigenvalue weighted by molar-refractivity contribution is 7.86. The lowest BCUT2D eigenvalue weighted by Crippen LogP contribution is -2.15. The van der Waals surface area contributed by atoms with Crippen molar-refractivity contribution in [1.82, 2.24) is 0 Å². The molecule has 2 rings (SSSR count).